The molecule has 4 unspecified atom stereocenters. The number of nitrogens with two attached hydrogens (primary N) is 3. The SMILES string of the molecule is CSCCC(N)C(=O)NC(CC(=O)O)C(=O)NC(C)C(=O)NC(CCCN=C(N)N)C(=O)O. The van der Waals surface area contributed by atoms with Gasteiger partial charge in [-0.05, 0) is 38.2 Å². The molecule has 14 nitrogen and oxygen atoms in total. The smallest absolute Gasteiger partial charge is 0.326 e. The second-order valence-corrected chi connectivity index (χ2v) is 8.11. The van der Waals surface area contributed by atoms with Crippen LogP contribution in [0.25, 0.3) is 0 Å². The van der Waals surface area contributed by atoms with E-state index in [-0.39, 0.29) is 25.3 Å². The Kier molecular flexibility index (Phi) is 14.2. The van der Waals surface area contributed by atoms with Gasteiger partial charge in [0.25, 0.3) is 0 Å². The van der Waals surface area contributed by atoms with Gasteiger partial charge in [-0.3, -0.25) is 24.2 Å². The molecule has 0 spiro atoms. The zero-order valence-corrected chi connectivity index (χ0v) is 19.4. The maximum absolute atomic E-state index is 12.5. The summed E-state index contributed by atoms with van der Waals surface area (Å²) in [7, 11) is 0. The largest absolute Gasteiger partial charge is 0.481 e. The number of carboxylic acids is 2. The molecule has 0 aliphatic heterocycles. The maximum atomic E-state index is 12.5. The molecule has 0 aliphatic rings. The lowest BCUT2D eigenvalue weighted by atomic mass is 10.1. The van der Waals surface area contributed by atoms with Crippen molar-refractivity contribution >= 4 is 47.4 Å². The van der Waals surface area contributed by atoms with E-state index in [1.54, 1.807) is 0 Å². The first kappa shape index (κ1) is 29.9. The number of nitrogens with zero attached hydrogens (tertiary/aromatic N) is 1. The Morgan fingerprint density at radius 3 is 2.06 bits per heavy atom. The molecular formula is C18H33N7O7S. The van der Waals surface area contributed by atoms with Crippen molar-refractivity contribution in [2.24, 2.45) is 22.2 Å². The predicted molar refractivity (Wildman–Crippen MR) is 122 cm³/mol. The monoisotopic (exact) mass is 491 g/mol. The first-order valence-corrected chi connectivity index (χ1v) is 11.4. The van der Waals surface area contributed by atoms with Crippen LogP contribution in [0, 0.1) is 0 Å². The lowest BCUT2D eigenvalue weighted by Crippen LogP contribution is -2.56. The fraction of sp³-hybridized carbons (Fsp3) is 0.667. The molecule has 0 bridgehead atoms. The van der Waals surface area contributed by atoms with E-state index in [4.69, 9.17) is 22.3 Å². The number of guanidine groups is 1. The molecule has 0 saturated heterocycles. The number of carbonyl (C=O) groups is 5. The molecule has 0 aromatic rings. The van der Waals surface area contributed by atoms with Gasteiger partial charge in [0.2, 0.25) is 17.7 Å². The minimum Gasteiger partial charge on any atom is -0.481 e. The van der Waals surface area contributed by atoms with Gasteiger partial charge in [-0.25, -0.2) is 4.79 Å². The number of amides is 3. The minimum atomic E-state index is -1.47. The highest BCUT2D eigenvalue weighted by Gasteiger charge is 2.29. The first-order valence-electron chi connectivity index (χ1n) is 10.0. The van der Waals surface area contributed by atoms with Crippen molar-refractivity contribution in [3.8, 4) is 0 Å². The van der Waals surface area contributed by atoms with E-state index in [9.17, 15) is 29.1 Å². The third-order valence-corrected chi connectivity index (χ3v) is 4.94. The second kappa shape index (κ2) is 15.7. The third kappa shape index (κ3) is 13.2. The van der Waals surface area contributed by atoms with E-state index in [2.05, 4.69) is 20.9 Å². The highest BCUT2D eigenvalue weighted by molar-refractivity contribution is 7.98. The van der Waals surface area contributed by atoms with Gasteiger partial charge in [0.15, 0.2) is 5.96 Å². The Morgan fingerprint density at radius 2 is 1.55 bits per heavy atom. The van der Waals surface area contributed by atoms with Crippen molar-refractivity contribution in [3.63, 3.8) is 0 Å². The third-order valence-electron chi connectivity index (χ3n) is 4.29. The number of hydrogen-bond donors (Lipinski definition) is 8. The standard InChI is InChI=1S/C18H33N7O7S/c1-9(14(28)24-11(17(31)32)4-3-6-22-18(20)21)23-16(30)12(8-13(26)27)25-15(29)10(19)5-7-33-2/h9-12H,3-8,19H2,1-2H3,(H,23,30)(H,24,28)(H,25,29)(H,26,27)(H,31,32)(H4,20,21,22). The van der Waals surface area contributed by atoms with Crippen LogP contribution < -0.4 is 33.2 Å². The van der Waals surface area contributed by atoms with Crippen molar-refractivity contribution in [1.29, 1.82) is 0 Å². The van der Waals surface area contributed by atoms with Crippen LogP contribution in [0.2, 0.25) is 0 Å². The van der Waals surface area contributed by atoms with Crippen LogP contribution in [0.3, 0.4) is 0 Å². The lowest BCUT2D eigenvalue weighted by Gasteiger charge is -2.22. The van der Waals surface area contributed by atoms with E-state index in [1.165, 1.54) is 18.7 Å². The summed E-state index contributed by atoms with van der Waals surface area (Å²) >= 11 is 1.47. The number of aliphatic carboxylic acids is 2. The van der Waals surface area contributed by atoms with Crippen LogP contribution in [-0.4, -0.2) is 88.6 Å². The Labute approximate surface area is 195 Å². The summed E-state index contributed by atoms with van der Waals surface area (Å²) in [5.41, 5.74) is 16.1. The second-order valence-electron chi connectivity index (χ2n) is 7.13. The molecule has 11 N–H and O–H groups in total. The van der Waals surface area contributed by atoms with Crippen LogP contribution in [0.5, 0.6) is 0 Å². The Hall–Kier alpha value is -3.07. The Balaban J connectivity index is 5.00. The average Bonchev–Trinajstić information content (AvgIpc) is 2.72. The van der Waals surface area contributed by atoms with Gasteiger partial charge in [-0.1, -0.05) is 0 Å². The molecule has 0 fully saturated rings. The fourth-order valence-corrected chi connectivity index (χ4v) is 2.97. The number of carbonyl (C=O) groups excluding carboxylic acids is 3. The molecule has 0 heterocycles. The molecule has 0 radical (unpaired) electrons. The minimum absolute atomic E-state index is 0.0319. The molecule has 0 aromatic carbocycles. The molecule has 4 atom stereocenters. The van der Waals surface area contributed by atoms with Gasteiger partial charge in [0.05, 0.1) is 12.5 Å². The lowest BCUT2D eigenvalue weighted by molar-refractivity contribution is -0.143. The Bertz CT molecular complexity index is 731. The van der Waals surface area contributed by atoms with Crippen LogP contribution in [-0.2, 0) is 24.0 Å². The van der Waals surface area contributed by atoms with Gasteiger partial charge in [0, 0.05) is 6.54 Å². The van der Waals surface area contributed by atoms with E-state index in [0.717, 1.165) is 0 Å². The summed E-state index contributed by atoms with van der Waals surface area (Å²) in [4.78, 5) is 63.2. The molecular weight excluding hydrogens is 458 g/mol. The topological polar surface area (TPSA) is 252 Å². The zero-order valence-electron chi connectivity index (χ0n) is 18.6. The highest BCUT2D eigenvalue weighted by Crippen LogP contribution is 2.02. The number of hydrogen-bond acceptors (Lipinski definition) is 8. The van der Waals surface area contributed by atoms with Crippen molar-refractivity contribution in [2.75, 3.05) is 18.6 Å². The molecule has 3 amide bonds. The van der Waals surface area contributed by atoms with Crippen molar-refractivity contribution in [1.82, 2.24) is 16.0 Å². The average molecular weight is 492 g/mol. The summed E-state index contributed by atoms with van der Waals surface area (Å²) in [6.45, 7) is 1.46. The van der Waals surface area contributed by atoms with Gasteiger partial charge in [-0.15, -0.1) is 0 Å². The quantitative estimate of drug-likeness (QED) is 0.0619. The van der Waals surface area contributed by atoms with Crippen LogP contribution >= 0.6 is 11.8 Å². The van der Waals surface area contributed by atoms with Gasteiger partial charge in [-0.2, -0.15) is 11.8 Å². The van der Waals surface area contributed by atoms with Crippen LogP contribution in [0.15, 0.2) is 4.99 Å². The molecule has 15 heteroatoms. The Morgan fingerprint density at radius 1 is 0.939 bits per heavy atom. The van der Waals surface area contributed by atoms with Gasteiger partial charge in [0.1, 0.15) is 18.1 Å². The number of aliphatic imine (C=N–C) groups is 1. The summed E-state index contributed by atoms with van der Waals surface area (Å²) in [6.07, 6.45) is 1.73. The van der Waals surface area contributed by atoms with Gasteiger partial charge >= 0.3 is 11.9 Å². The zero-order chi connectivity index (χ0) is 25.6. The van der Waals surface area contributed by atoms with E-state index >= 15 is 0 Å². The molecule has 0 rings (SSSR count). The van der Waals surface area contributed by atoms with Crippen molar-refractivity contribution in [2.45, 2.75) is 56.8 Å². The number of rotatable bonds is 16. The van der Waals surface area contributed by atoms with E-state index in [0.29, 0.717) is 12.2 Å². The molecule has 0 aliphatic carbocycles. The van der Waals surface area contributed by atoms with E-state index < -0.39 is 60.2 Å². The molecule has 0 saturated carbocycles. The van der Waals surface area contributed by atoms with Crippen LogP contribution in [0.4, 0.5) is 0 Å². The van der Waals surface area contributed by atoms with Crippen molar-refractivity contribution in [3.05, 3.63) is 0 Å². The predicted octanol–water partition coefficient (Wildman–Crippen LogP) is -2.85. The number of carboxylic acid groups (broad SMARTS) is 2. The van der Waals surface area contributed by atoms with Gasteiger partial charge < -0.3 is 43.4 Å². The summed E-state index contributed by atoms with van der Waals surface area (Å²) < 4.78 is 0. The van der Waals surface area contributed by atoms with Crippen LogP contribution in [0.1, 0.15) is 32.6 Å². The fourth-order valence-electron chi connectivity index (χ4n) is 2.48. The summed E-state index contributed by atoms with van der Waals surface area (Å²) in [6, 6.07) is -4.87. The number of nitrogens with one attached hydrogen (secondary N) is 3. The van der Waals surface area contributed by atoms with Crippen molar-refractivity contribution < 1.29 is 34.2 Å². The summed E-state index contributed by atoms with van der Waals surface area (Å²) in [5.74, 6) is -4.62. The normalized spacial score (nSPS) is 14.2. The highest BCUT2D eigenvalue weighted by atomic mass is 32.2. The van der Waals surface area contributed by atoms with E-state index in [1.807, 2.05) is 6.26 Å². The molecule has 33 heavy (non-hydrogen) atoms. The molecule has 188 valence electrons. The number of thioether (sulfide) groups is 1. The maximum Gasteiger partial charge on any atom is 0.326 e. The summed E-state index contributed by atoms with van der Waals surface area (Å²) in [5, 5.41) is 25.2. The molecule has 0 aromatic heterocycles. The first-order chi connectivity index (χ1) is 15.4.